The van der Waals surface area contributed by atoms with Crippen molar-refractivity contribution < 1.29 is 4.79 Å². The summed E-state index contributed by atoms with van der Waals surface area (Å²) < 4.78 is 0. The molecule has 156 valence electrons. The van der Waals surface area contributed by atoms with Gasteiger partial charge < -0.3 is 15.5 Å². The van der Waals surface area contributed by atoms with Crippen LogP contribution >= 0.6 is 0 Å². The second kappa shape index (κ2) is 10.4. The van der Waals surface area contributed by atoms with E-state index in [-0.39, 0.29) is 11.8 Å². The molecule has 5 heteroatoms. The first kappa shape index (κ1) is 21.3. The number of pyridine rings is 1. The van der Waals surface area contributed by atoms with E-state index in [0.717, 1.165) is 54.4 Å². The van der Waals surface area contributed by atoms with Gasteiger partial charge in [0.2, 0.25) is 5.91 Å². The van der Waals surface area contributed by atoms with Crippen molar-refractivity contribution in [2.45, 2.75) is 59.4 Å². The standard InChI is InChI=1S/C24H34N4O/c1-18(2)24(29)28-14-8-6-4-5-7-13-25-16-20-15-21(11-12-23(20)28)27-22-10-9-19(3)26-17-22/h9-12,15,17-18,25,27H,4-8,13-14,16H2,1-3H3. The van der Waals surface area contributed by atoms with Gasteiger partial charge in [-0.2, -0.15) is 0 Å². The molecule has 1 aliphatic heterocycles. The smallest absolute Gasteiger partial charge is 0.229 e. The summed E-state index contributed by atoms with van der Waals surface area (Å²) in [6, 6.07) is 10.3. The first-order valence-corrected chi connectivity index (χ1v) is 10.9. The number of nitrogens with one attached hydrogen (secondary N) is 2. The molecule has 1 aromatic carbocycles. The van der Waals surface area contributed by atoms with Crippen LogP contribution in [0.1, 0.15) is 57.2 Å². The predicted molar refractivity (Wildman–Crippen MR) is 121 cm³/mol. The average molecular weight is 395 g/mol. The summed E-state index contributed by atoms with van der Waals surface area (Å²) in [6.45, 7) is 8.51. The second-order valence-corrected chi connectivity index (χ2v) is 8.25. The Morgan fingerprint density at radius 2 is 1.83 bits per heavy atom. The SMILES string of the molecule is Cc1ccc(Nc2ccc3c(c2)CNCCCCCCCN3C(=O)C(C)C)cn1. The molecule has 0 bridgehead atoms. The number of benzene rings is 1. The molecule has 0 spiro atoms. The van der Waals surface area contributed by atoms with E-state index in [1.807, 2.05) is 44.0 Å². The van der Waals surface area contributed by atoms with E-state index in [2.05, 4.69) is 33.8 Å². The van der Waals surface area contributed by atoms with Gasteiger partial charge in [0.15, 0.2) is 0 Å². The fourth-order valence-electron chi connectivity index (χ4n) is 3.71. The zero-order valence-electron chi connectivity index (χ0n) is 18.0. The lowest BCUT2D eigenvalue weighted by atomic mass is 10.1. The van der Waals surface area contributed by atoms with Crippen molar-refractivity contribution in [2.24, 2.45) is 5.92 Å². The highest BCUT2D eigenvalue weighted by molar-refractivity contribution is 5.95. The lowest BCUT2D eigenvalue weighted by Crippen LogP contribution is -2.36. The highest BCUT2D eigenvalue weighted by atomic mass is 16.2. The van der Waals surface area contributed by atoms with E-state index in [1.165, 1.54) is 25.7 Å². The molecule has 1 amide bonds. The number of aromatic nitrogens is 1. The Hall–Kier alpha value is -2.40. The number of hydrogen-bond acceptors (Lipinski definition) is 4. The molecule has 0 aliphatic carbocycles. The average Bonchev–Trinajstić information content (AvgIpc) is 2.70. The maximum Gasteiger partial charge on any atom is 0.229 e. The fourth-order valence-corrected chi connectivity index (χ4v) is 3.71. The van der Waals surface area contributed by atoms with Gasteiger partial charge in [-0.1, -0.05) is 33.1 Å². The summed E-state index contributed by atoms with van der Waals surface area (Å²) in [4.78, 5) is 19.3. The number of rotatable bonds is 3. The van der Waals surface area contributed by atoms with Gasteiger partial charge >= 0.3 is 0 Å². The number of nitrogens with zero attached hydrogens (tertiary/aromatic N) is 2. The molecule has 0 saturated carbocycles. The summed E-state index contributed by atoms with van der Waals surface area (Å²) in [7, 11) is 0. The van der Waals surface area contributed by atoms with Crippen LogP contribution in [0.3, 0.4) is 0 Å². The van der Waals surface area contributed by atoms with Crippen molar-refractivity contribution >= 4 is 23.0 Å². The number of anilines is 3. The van der Waals surface area contributed by atoms with Crippen LogP contribution in [0.2, 0.25) is 0 Å². The monoisotopic (exact) mass is 394 g/mol. The van der Waals surface area contributed by atoms with Crippen LogP contribution in [0.15, 0.2) is 36.5 Å². The van der Waals surface area contributed by atoms with Crippen LogP contribution < -0.4 is 15.5 Å². The Balaban J connectivity index is 1.90. The molecule has 0 unspecified atom stereocenters. The molecule has 29 heavy (non-hydrogen) atoms. The molecule has 0 atom stereocenters. The van der Waals surface area contributed by atoms with Crippen molar-refractivity contribution in [3.05, 3.63) is 47.8 Å². The number of aryl methyl sites for hydroxylation is 1. The van der Waals surface area contributed by atoms with Crippen molar-refractivity contribution in [3.8, 4) is 0 Å². The first-order chi connectivity index (χ1) is 14.0. The molecule has 3 rings (SSSR count). The van der Waals surface area contributed by atoms with Gasteiger partial charge in [-0.3, -0.25) is 9.78 Å². The molecule has 0 saturated heterocycles. The minimum Gasteiger partial charge on any atom is -0.354 e. The fraction of sp³-hybridized carbons (Fsp3) is 0.500. The predicted octanol–water partition coefficient (Wildman–Crippen LogP) is 5.18. The first-order valence-electron chi connectivity index (χ1n) is 10.9. The number of amides is 1. The highest BCUT2D eigenvalue weighted by Crippen LogP contribution is 2.28. The van der Waals surface area contributed by atoms with Crippen molar-refractivity contribution in [2.75, 3.05) is 23.3 Å². The van der Waals surface area contributed by atoms with E-state index in [1.54, 1.807) is 0 Å². The van der Waals surface area contributed by atoms with E-state index in [9.17, 15) is 4.79 Å². The summed E-state index contributed by atoms with van der Waals surface area (Å²) >= 11 is 0. The van der Waals surface area contributed by atoms with Gasteiger partial charge in [0.05, 0.1) is 11.9 Å². The normalized spacial score (nSPS) is 15.9. The minimum atomic E-state index is -0.0138. The zero-order chi connectivity index (χ0) is 20.6. The summed E-state index contributed by atoms with van der Waals surface area (Å²) in [5.74, 6) is 0.187. The van der Waals surface area contributed by atoms with E-state index < -0.39 is 0 Å². The van der Waals surface area contributed by atoms with Crippen LogP contribution in [0.25, 0.3) is 0 Å². The molecule has 1 aromatic heterocycles. The van der Waals surface area contributed by atoms with Crippen molar-refractivity contribution in [3.63, 3.8) is 0 Å². The quantitative estimate of drug-likeness (QED) is 0.753. The van der Waals surface area contributed by atoms with Crippen LogP contribution in [0.4, 0.5) is 17.1 Å². The Bertz CT molecular complexity index is 801. The third kappa shape index (κ3) is 6.04. The zero-order valence-corrected chi connectivity index (χ0v) is 18.0. The Morgan fingerprint density at radius 3 is 2.59 bits per heavy atom. The van der Waals surface area contributed by atoms with E-state index in [4.69, 9.17) is 0 Å². The van der Waals surface area contributed by atoms with Crippen LogP contribution in [0.5, 0.6) is 0 Å². The second-order valence-electron chi connectivity index (χ2n) is 8.25. The van der Waals surface area contributed by atoms with Gasteiger partial charge in [0, 0.05) is 36.1 Å². The van der Waals surface area contributed by atoms with Crippen LogP contribution in [0, 0.1) is 12.8 Å². The number of hydrogen-bond donors (Lipinski definition) is 2. The Kier molecular flexibility index (Phi) is 7.64. The highest BCUT2D eigenvalue weighted by Gasteiger charge is 2.21. The van der Waals surface area contributed by atoms with E-state index in [0.29, 0.717) is 0 Å². The molecule has 1 aliphatic rings. The summed E-state index contributed by atoms with van der Waals surface area (Å²) in [6.07, 6.45) is 7.78. The van der Waals surface area contributed by atoms with Crippen molar-refractivity contribution in [1.29, 1.82) is 0 Å². The topological polar surface area (TPSA) is 57.3 Å². The minimum absolute atomic E-state index is 0.0138. The Labute approximate surface area is 174 Å². The van der Waals surface area contributed by atoms with Gasteiger partial charge in [0.1, 0.15) is 0 Å². The molecule has 2 heterocycles. The molecule has 2 aromatic rings. The molecule has 0 radical (unpaired) electrons. The lowest BCUT2D eigenvalue weighted by molar-refractivity contribution is -0.121. The number of carbonyl (C=O) groups excluding carboxylic acids is 1. The van der Waals surface area contributed by atoms with Gasteiger partial charge in [-0.15, -0.1) is 0 Å². The molecule has 0 fully saturated rings. The van der Waals surface area contributed by atoms with Gasteiger partial charge in [-0.05, 0) is 62.2 Å². The van der Waals surface area contributed by atoms with E-state index >= 15 is 0 Å². The molecular weight excluding hydrogens is 360 g/mol. The maximum absolute atomic E-state index is 13.0. The van der Waals surface area contributed by atoms with Gasteiger partial charge in [0.25, 0.3) is 0 Å². The molecular formula is C24H34N4O. The lowest BCUT2D eigenvalue weighted by Gasteiger charge is -2.28. The Morgan fingerprint density at radius 1 is 1.07 bits per heavy atom. The molecule has 5 nitrogen and oxygen atoms in total. The van der Waals surface area contributed by atoms with Crippen LogP contribution in [-0.4, -0.2) is 24.0 Å². The summed E-state index contributed by atoms with van der Waals surface area (Å²) in [5, 5.41) is 7.01. The van der Waals surface area contributed by atoms with Crippen LogP contribution in [-0.2, 0) is 11.3 Å². The number of fused-ring (bicyclic) bond motifs is 1. The molecule has 2 N–H and O–H groups in total. The largest absolute Gasteiger partial charge is 0.354 e. The van der Waals surface area contributed by atoms with Crippen molar-refractivity contribution in [1.82, 2.24) is 10.3 Å². The number of carbonyl (C=O) groups is 1. The third-order valence-corrected chi connectivity index (χ3v) is 5.38. The summed E-state index contributed by atoms with van der Waals surface area (Å²) in [5.41, 5.74) is 5.17. The maximum atomic E-state index is 13.0. The van der Waals surface area contributed by atoms with Gasteiger partial charge in [-0.25, -0.2) is 0 Å². The third-order valence-electron chi connectivity index (χ3n) is 5.38.